The summed E-state index contributed by atoms with van der Waals surface area (Å²) in [5, 5.41) is 3.81. The van der Waals surface area contributed by atoms with Gasteiger partial charge in [-0.15, -0.1) is 0 Å². The first-order valence-corrected chi connectivity index (χ1v) is 6.58. The molecule has 2 heterocycles. The average Bonchev–Trinajstić information content (AvgIpc) is 3.08. The van der Waals surface area contributed by atoms with Crippen LogP contribution in [0.25, 0.3) is 0 Å². The first-order chi connectivity index (χ1) is 8.81. The van der Waals surface area contributed by atoms with Gasteiger partial charge in [0.15, 0.2) is 0 Å². The first-order valence-electron chi connectivity index (χ1n) is 6.20. The van der Waals surface area contributed by atoms with Gasteiger partial charge in [0, 0.05) is 37.5 Å². The largest absolute Gasteiger partial charge is 0.368 e. The van der Waals surface area contributed by atoms with Crippen LogP contribution in [0.1, 0.15) is 24.6 Å². The number of halogens is 1. The van der Waals surface area contributed by atoms with Gasteiger partial charge in [0.1, 0.15) is 16.8 Å². The molecule has 0 atom stereocenters. The van der Waals surface area contributed by atoms with E-state index >= 15 is 0 Å². The summed E-state index contributed by atoms with van der Waals surface area (Å²) < 4.78 is 2.12. The molecule has 0 saturated heterocycles. The molecule has 0 spiro atoms. The molecule has 1 fully saturated rings. The number of hydrogen-bond donors (Lipinski definition) is 1. The number of aromatic nitrogens is 3. The van der Waals surface area contributed by atoms with Crippen molar-refractivity contribution in [3.05, 3.63) is 41.6 Å². The van der Waals surface area contributed by atoms with Crippen LogP contribution in [-0.4, -0.2) is 21.1 Å². The van der Waals surface area contributed by atoms with Crippen LogP contribution in [0.2, 0.25) is 5.15 Å². The Kier molecular flexibility index (Phi) is 3.19. The molecule has 1 N–H and O–H groups in total. The van der Waals surface area contributed by atoms with Crippen LogP contribution in [0.3, 0.4) is 0 Å². The molecule has 2 aromatic rings. The van der Waals surface area contributed by atoms with E-state index in [1.54, 1.807) is 6.07 Å². The molecule has 0 aliphatic heterocycles. The van der Waals surface area contributed by atoms with Crippen LogP contribution >= 0.6 is 11.6 Å². The Morgan fingerprint density at radius 2 is 2.06 bits per heavy atom. The third-order valence-corrected chi connectivity index (χ3v) is 3.19. The Labute approximate surface area is 111 Å². The van der Waals surface area contributed by atoms with E-state index in [2.05, 4.69) is 19.9 Å². The summed E-state index contributed by atoms with van der Waals surface area (Å²) in [5.41, 5.74) is 0. The molecule has 1 saturated carbocycles. The lowest BCUT2D eigenvalue weighted by Gasteiger charge is -2.08. The van der Waals surface area contributed by atoms with E-state index in [-0.39, 0.29) is 0 Å². The number of nitrogens with zero attached hydrogens (tertiary/aromatic N) is 3. The molecule has 0 bridgehead atoms. The monoisotopic (exact) mass is 262 g/mol. The summed E-state index contributed by atoms with van der Waals surface area (Å²) >= 11 is 6.00. The number of anilines is 1. The van der Waals surface area contributed by atoms with Crippen molar-refractivity contribution < 1.29 is 0 Å². The lowest BCUT2D eigenvalue weighted by atomic mass is 10.4. The standard InChI is InChI=1S/C13H15ClN4/c14-11-9-12(17-13(16-11)10-3-4-10)15-5-8-18-6-1-2-7-18/h1-2,6-7,9-10H,3-5,8H2,(H,15,16,17). The predicted molar refractivity (Wildman–Crippen MR) is 71.9 cm³/mol. The highest BCUT2D eigenvalue weighted by molar-refractivity contribution is 6.29. The van der Waals surface area contributed by atoms with E-state index in [1.807, 2.05) is 24.5 Å². The van der Waals surface area contributed by atoms with Gasteiger partial charge in [0.25, 0.3) is 0 Å². The minimum atomic E-state index is 0.522. The van der Waals surface area contributed by atoms with Crippen molar-refractivity contribution in [1.29, 1.82) is 0 Å². The molecule has 1 aliphatic rings. The highest BCUT2D eigenvalue weighted by atomic mass is 35.5. The Bertz CT molecular complexity index is 520. The third-order valence-electron chi connectivity index (χ3n) is 3.00. The molecule has 94 valence electrons. The van der Waals surface area contributed by atoms with Gasteiger partial charge < -0.3 is 9.88 Å². The lowest BCUT2D eigenvalue weighted by molar-refractivity contribution is 0.730. The van der Waals surface area contributed by atoms with E-state index in [9.17, 15) is 0 Å². The van der Waals surface area contributed by atoms with Crippen molar-refractivity contribution in [2.75, 3.05) is 11.9 Å². The highest BCUT2D eigenvalue weighted by Gasteiger charge is 2.27. The van der Waals surface area contributed by atoms with Crippen LogP contribution in [0.15, 0.2) is 30.6 Å². The summed E-state index contributed by atoms with van der Waals surface area (Å²) in [7, 11) is 0. The SMILES string of the molecule is Clc1cc(NCCn2cccc2)nc(C2CC2)n1. The fourth-order valence-electron chi connectivity index (χ4n) is 1.88. The molecule has 1 aliphatic carbocycles. The summed E-state index contributed by atoms with van der Waals surface area (Å²) in [4.78, 5) is 8.76. The van der Waals surface area contributed by atoms with Crippen molar-refractivity contribution in [3.63, 3.8) is 0 Å². The lowest BCUT2D eigenvalue weighted by Crippen LogP contribution is -2.11. The maximum atomic E-state index is 6.00. The second kappa shape index (κ2) is 4.98. The highest BCUT2D eigenvalue weighted by Crippen LogP contribution is 2.38. The number of rotatable bonds is 5. The van der Waals surface area contributed by atoms with Crippen molar-refractivity contribution in [2.24, 2.45) is 0 Å². The molecule has 0 unspecified atom stereocenters. The van der Waals surface area contributed by atoms with Crippen molar-refractivity contribution >= 4 is 17.4 Å². The summed E-state index contributed by atoms with van der Waals surface area (Å²) in [5.74, 6) is 2.23. The van der Waals surface area contributed by atoms with Crippen molar-refractivity contribution in [2.45, 2.75) is 25.3 Å². The molecule has 4 nitrogen and oxygen atoms in total. The normalized spacial score (nSPS) is 14.7. The minimum Gasteiger partial charge on any atom is -0.368 e. The Balaban J connectivity index is 1.61. The van der Waals surface area contributed by atoms with Gasteiger partial charge in [0.05, 0.1) is 0 Å². The van der Waals surface area contributed by atoms with E-state index < -0.39 is 0 Å². The fraction of sp³-hybridized carbons (Fsp3) is 0.385. The molecule has 2 aromatic heterocycles. The van der Waals surface area contributed by atoms with Gasteiger partial charge >= 0.3 is 0 Å². The zero-order valence-corrected chi connectivity index (χ0v) is 10.8. The molecule has 3 rings (SSSR count). The number of hydrogen-bond acceptors (Lipinski definition) is 3. The second-order valence-electron chi connectivity index (χ2n) is 4.56. The average molecular weight is 263 g/mol. The molecule has 0 radical (unpaired) electrons. The van der Waals surface area contributed by atoms with Gasteiger partial charge in [0.2, 0.25) is 0 Å². The molecular weight excluding hydrogens is 248 g/mol. The summed E-state index contributed by atoms with van der Waals surface area (Å²) in [6, 6.07) is 5.82. The molecule has 18 heavy (non-hydrogen) atoms. The minimum absolute atomic E-state index is 0.522. The van der Waals surface area contributed by atoms with Crippen molar-refractivity contribution in [3.8, 4) is 0 Å². The topological polar surface area (TPSA) is 42.7 Å². The van der Waals surface area contributed by atoms with Crippen LogP contribution in [0.4, 0.5) is 5.82 Å². The Morgan fingerprint density at radius 3 is 2.78 bits per heavy atom. The van der Waals surface area contributed by atoms with Crippen LogP contribution in [0.5, 0.6) is 0 Å². The zero-order valence-electron chi connectivity index (χ0n) is 10.0. The van der Waals surface area contributed by atoms with Crippen LogP contribution in [-0.2, 0) is 6.54 Å². The molecule has 0 aromatic carbocycles. The second-order valence-corrected chi connectivity index (χ2v) is 4.94. The van der Waals surface area contributed by atoms with Gasteiger partial charge in [-0.2, -0.15) is 0 Å². The van der Waals surface area contributed by atoms with Gasteiger partial charge in [-0.25, -0.2) is 9.97 Å². The zero-order chi connectivity index (χ0) is 12.4. The predicted octanol–water partition coefficient (Wildman–Crippen LogP) is 2.92. The quantitative estimate of drug-likeness (QED) is 0.843. The molecule has 5 heteroatoms. The maximum Gasteiger partial charge on any atom is 0.135 e. The van der Waals surface area contributed by atoms with Crippen molar-refractivity contribution in [1.82, 2.24) is 14.5 Å². The Hall–Kier alpha value is -1.55. The third kappa shape index (κ3) is 2.82. The molecular formula is C13H15ClN4. The summed E-state index contributed by atoms with van der Waals surface area (Å²) in [6.07, 6.45) is 6.46. The van der Waals surface area contributed by atoms with Gasteiger partial charge in [-0.3, -0.25) is 0 Å². The Morgan fingerprint density at radius 1 is 1.28 bits per heavy atom. The van der Waals surface area contributed by atoms with Crippen LogP contribution in [0, 0.1) is 0 Å². The van der Waals surface area contributed by atoms with E-state index in [4.69, 9.17) is 11.6 Å². The van der Waals surface area contributed by atoms with Crippen LogP contribution < -0.4 is 5.32 Å². The molecule has 0 amide bonds. The van der Waals surface area contributed by atoms with E-state index in [1.165, 1.54) is 12.8 Å². The van der Waals surface area contributed by atoms with Gasteiger partial charge in [-0.05, 0) is 25.0 Å². The van der Waals surface area contributed by atoms with E-state index in [0.717, 1.165) is 24.7 Å². The smallest absolute Gasteiger partial charge is 0.135 e. The van der Waals surface area contributed by atoms with Gasteiger partial charge in [-0.1, -0.05) is 11.6 Å². The first kappa shape index (κ1) is 11.5. The van der Waals surface area contributed by atoms with E-state index in [0.29, 0.717) is 11.1 Å². The number of nitrogens with one attached hydrogen (secondary N) is 1. The fourth-order valence-corrected chi connectivity index (χ4v) is 2.07. The summed E-state index contributed by atoms with van der Waals surface area (Å²) in [6.45, 7) is 1.74. The maximum absolute atomic E-state index is 6.00.